The quantitative estimate of drug-likeness (QED) is 0.833. The van der Waals surface area contributed by atoms with Crippen molar-refractivity contribution in [1.82, 2.24) is 5.32 Å². The number of hydrogen-bond acceptors (Lipinski definition) is 2. The average Bonchev–Trinajstić information content (AvgIpc) is 3.17. The summed E-state index contributed by atoms with van der Waals surface area (Å²) in [6.07, 6.45) is 2.76. The summed E-state index contributed by atoms with van der Waals surface area (Å²) in [6, 6.07) is 6.26. The molecule has 0 spiro atoms. The van der Waals surface area contributed by atoms with E-state index in [1.807, 2.05) is 6.07 Å². The van der Waals surface area contributed by atoms with Gasteiger partial charge in [0.05, 0.1) is 0 Å². The Morgan fingerprint density at radius 3 is 2.55 bits per heavy atom. The minimum atomic E-state index is 0.101. The molecule has 2 rings (SSSR count). The smallest absolute Gasteiger partial charge is 0.0471 e. The molecule has 3 heteroatoms. The number of nitrogens with zero attached hydrogens (tertiary/aromatic N) is 1. The van der Waals surface area contributed by atoms with Crippen LogP contribution in [0.4, 0.5) is 5.69 Å². The molecule has 20 heavy (non-hydrogen) atoms. The molecule has 0 aliphatic heterocycles. The second-order valence-electron chi connectivity index (χ2n) is 6.82. The van der Waals surface area contributed by atoms with Gasteiger partial charge < -0.3 is 10.2 Å². The highest BCUT2D eigenvalue weighted by molar-refractivity contribution is 6.31. The fourth-order valence-corrected chi connectivity index (χ4v) is 2.62. The summed E-state index contributed by atoms with van der Waals surface area (Å²) in [6.45, 7) is 11.8. The van der Waals surface area contributed by atoms with E-state index in [2.05, 4.69) is 50.0 Å². The zero-order valence-electron chi connectivity index (χ0n) is 13.2. The monoisotopic (exact) mass is 294 g/mol. The molecule has 1 N–H and O–H groups in total. The number of benzene rings is 1. The Morgan fingerprint density at radius 1 is 1.30 bits per heavy atom. The zero-order chi connectivity index (χ0) is 14.8. The molecular formula is C17H27ClN2. The van der Waals surface area contributed by atoms with Crippen LogP contribution in [0.15, 0.2) is 18.2 Å². The second kappa shape index (κ2) is 6.36. The molecule has 0 aromatic heterocycles. The maximum absolute atomic E-state index is 6.44. The van der Waals surface area contributed by atoms with Gasteiger partial charge in [0, 0.05) is 41.4 Å². The molecule has 0 radical (unpaired) electrons. The highest BCUT2D eigenvalue weighted by atomic mass is 35.5. The van der Waals surface area contributed by atoms with Gasteiger partial charge in [0.1, 0.15) is 0 Å². The van der Waals surface area contributed by atoms with E-state index in [9.17, 15) is 0 Å². The first-order chi connectivity index (χ1) is 9.40. The number of nitrogens with one attached hydrogen (secondary N) is 1. The fourth-order valence-electron chi connectivity index (χ4n) is 2.38. The predicted molar refractivity (Wildman–Crippen MR) is 88.7 cm³/mol. The van der Waals surface area contributed by atoms with Crippen molar-refractivity contribution >= 4 is 17.3 Å². The first-order valence-electron chi connectivity index (χ1n) is 7.68. The van der Waals surface area contributed by atoms with Crippen LogP contribution in [0.1, 0.15) is 46.1 Å². The van der Waals surface area contributed by atoms with Crippen LogP contribution in [0.2, 0.25) is 5.02 Å². The van der Waals surface area contributed by atoms with Crippen LogP contribution in [-0.2, 0) is 6.54 Å². The Kier molecular flexibility index (Phi) is 4.98. The molecule has 0 heterocycles. The first-order valence-corrected chi connectivity index (χ1v) is 8.06. The van der Waals surface area contributed by atoms with E-state index in [1.54, 1.807) is 0 Å². The third-order valence-corrected chi connectivity index (χ3v) is 4.14. The van der Waals surface area contributed by atoms with Gasteiger partial charge in [-0.1, -0.05) is 17.7 Å². The average molecular weight is 295 g/mol. The molecule has 0 bridgehead atoms. The van der Waals surface area contributed by atoms with Crippen molar-refractivity contribution in [2.24, 2.45) is 5.92 Å². The maximum atomic E-state index is 6.44. The summed E-state index contributed by atoms with van der Waals surface area (Å²) < 4.78 is 0. The van der Waals surface area contributed by atoms with Crippen molar-refractivity contribution in [2.45, 2.75) is 52.6 Å². The fraction of sp³-hybridized carbons (Fsp3) is 0.647. The van der Waals surface area contributed by atoms with Gasteiger partial charge in [0.15, 0.2) is 0 Å². The summed E-state index contributed by atoms with van der Waals surface area (Å²) in [5.74, 6) is 0.886. The Balaban J connectivity index is 2.19. The summed E-state index contributed by atoms with van der Waals surface area (Å²) in [7, 11) is 0. The van der Waals surface area contributed by atoms with E-state index in [4.69, 9.17) is 11.6 Å². The minimum Gasteiger partial charge on any atom is -0.371 e. The van der Waals surface area contributed by atoms with Crippen molar-refractivity contribution < 1.29 is 0 Å². The standard InChI is InChI=1S/C17H27ClN2/c1-5-20(12-13-9-10-13)16-8-6-7-15(18)14(16)11-19-17(2,3)4/h6-8,13,19H,5,9-12H2,1-4H3. The van der Waals surface area contributed by atoms with Gasteiger partial charge in [-0.05, 0) is 58.6 Å². The van der Waals surface area contributed by atoms with Crippen molar-refractivity contribution in [1.29, 1.82) is 0 Å². The molecule has 0 amide bonds. The molecule has 1 aromatic carbocycles. The number of rotatable bonds is 6. The van der Waals surface area contributed by atoms with Crippen LogP contribution in [0.5, 0.6) is 0 Å². The lowest BCUT2D eigenvalue weighted by atomic mass is 10.1. The van der Waals surface area contributed by atoms with Crippen LogP contribution < -0.4 is 10.2 Å². The van der Waals surface area contributed by atoms with Crippen LogP contribution in [0.25, 0.3) is 0 Å². The molecule has 0 unspecified atom stereocenters. The van der Waals surface area contributed by atoms with Crippen LogP contribution in [0.3, 0.4) is 0 Å². The van der Waals surface area contributed by atoms with E-state index >= 15 is 0 Å². The summed E-state index contributed by atoms with van der Waals surface area (Å²) in [4.78, 5) is 2.48. The molecule has 1 aliphatic carbocycles. The molecule has 1 saturated carbocycles. The highest BCUT2D eigenvalue weighted by Gasteiger charge is 2.25. The van der Waals surface area contributed by atoms with Crippen LogP contribution >= 0.6 is 11.6 Å². The number of halogens is 1. The van der Waals surface area contributed by atoms with Gasteiger partial charge >= 0.3 is 0 Å². The highest BCUT2D eigenvalue weighted by Crippen LogP contribution is 2.34. The molecular weight excluding hydrogens is 268 g/mol. The Hall–Kier alpha value is -0.730. The molecule has 0 atom stereocenters. The van der Waals surface area contributed by atoms with Crippen molar-refractivity contribution in [3.63, 3.8) is 0 Å². The van der Waals surface area contributed by atoms with E-state index in [-0.39, 0.29) is 5.54 Å². The molecule has 1 aliphatic rings. The van der Waals surface area contributed by atoms with Gasteiger partial charge in [-0.15, -0.1) is 0 Å². The maximum Gasteiger partial charge on any atom is 0.0471 e. The van der Waals surface area contributed by atoms with Gasteiger partial charge in [-0.25, -0.2) is 0 Å². The molecule has 2 nitrogen and oxygen atoms in total. The van der Waals surface area contributed by atoms with Crippen molar-refractivity contribution in [3.8, 4) is 0 Å². The van der Waals surface area contributed by atoms with Crippen LogP contribution in [-0.4, -0.2) is 18.6 Å². The summed E-state index contributed by atoms with van der Waals surface area (Å²) >= 11 is 6.44. The molecule has 1 aromatic rings. The van der Waals surface area contributed by atoms with Gasteiger partial charge in [0.25, 0.3) is 0 Å². The lowest BCUT2D eigenvalue weighted by Crippen LogP contribution is -2.36. The Morgan fingerprint density at radius 2 is 2.00 bits per heavy atom. The van der Waals surface area contributed by atoms with E-state index < -0.39 is 0 Å². The van der Waals surface area contributed by atoms with E-state index in [0.29, 0.717) is 0 Å². The summed E-state index contributed by atoms with van der Waals surface area (Å²) in [5, 5.41) is 4.43. The normalized spacial score (nSPS) is 15.4. The van der Waals surface area contributed by atoms with E-state index in [0.717, 1.165) is 24.0 Å². The topological polar surface area (TPSA) is 15.3 Å². The summed E-state index contributed by atoms with van der Waals surface area (Å²) in [5.41, 5.74) is 2.62. The van der Waals surface area contributed by atoms with Crippen molar-refractivity contribution in [2.75, 3.05) is 18.0 Å². The van der Waals surface area contributed by atoms with E-state index in [1.165, 1.54) is 30.6 Å². The molecule has 0 saturated heterocycles. The number of anilines is 1. The molecule has 112 valence electrons. The predicted octanol–water partition coefficient (Wildman–Crippen LogP) is 4.46. The van der Waals surface area contributed by atoms with Gasteiger partial charge in [-0.3, -0.25) is 0 Å². The Bertz CT molecular complexity index is 447. The Labute approximate surface area is 128 Å². The van der Waals surface area contributed by atoms with Crippen molar-refractivity contribution in [3.05, 3.63) is 28.8 Å². The first kappa shape index (κ1) is 15.7. The minimum absolute atomic E-state index is 0.101. The third kappa shape index (κ3) is 4.39. The van der Waals surface area contributed by atoms with Crippen LogP contribution in [0, 0.1) is 5.92 Å². The van der Waals surface area contributed by atoms with Gasteiger partial charge in [-0.2, -0.15) is 0 Å². The largest absolute Gasteiger partial charge is 0.371 e. The SMILES string of the molecule is CCN(CC1CC1)c1cccc(Cl)c1CNC(C)(C)C. The lowest BCUT2D eigenvalue weighted by Gasteiger charge is -2.28. The lowest BCUT2D eigenvalue weighted by molar-refractivity contribution is 0.424. The zero-order valence-corrected chi connectivity index (χ0v) is 13.9. The number of hydrogen-bond donors (Lipinski definition) is 1. The van der Waals surface area contributed by atoms with Gasteiger partial charge in [0.2, 0.25) is 0 Å². The second-order valence-corrected chi connectivity index (χ2v) is 7.23. The third-order valence-electron chi connectivity index (χ3n) is 3.79. The molecule has 1 fully saturated rings.